The Balaban J connectivity index is 3.25. The molecule has 0 heterocycles. The third kappa shape index (κ3) is 3.35. The Morgan fingerprint density at radius 2 is 2.06 bits per heavy atom. The molecule has 7 heteroatoms. The van der Waals surface area contributed by atoms with Crippen LogP contribution < -0.4 is 0 Å². The summed E-state index contributed by atoms with van der Waals surface area (Å²) in [6.45, 7) is 0. The highest BCUT2D eigenvalue weighted by molar-refractivity contribution is 9.10. The van der Waals surface area contributed by atoms with Crippen molar-refractivity contribution in [3.8, 4) is 0 Å². The molecule has 0 aromatic heterocycles. The van der Waals surface area contributed by atoms with Gasteiger partial charge in [-0.05, 0) is 17.7 Å². The number of methoxy groups -OCH3 is 1. The summed E-state index contributed by atoms with van der Waals surface area (Å²) in [5.41, 5.74) is -0.908. The minimum absolute atomic E-state index is 0.0633. The van der Waals surface area contributed by atoms with E-state index >= 15 is 0 Å². The molecule has 1 aromatic carbocycles. The number of benzene rings is 1. The number of hydrogen-bond acceptors (Lipinski definition) is 2. The van der Waals surface area contributed by atoms with Gasteiger partial charge >= 0.3 is 12.1 Å². The minimum atomic E-state index is -4.55. The lowest BCUT2D eigenvalue weighted by molar-refractivity contribution is -0.140. The molecule has 0 saturated carbocycles. The van der Waals surface area contributed by atoms with Gasteiger partial charge in [0.15, 0.2) is 0 Å². The van der Waals surface area contributed by atoms with E-state index in [0.717, 1.165) is 13.2 Å². The van der Waals surface area contributed by atoms with Crippen LogP contribution in [0.3, 0.4) is 0 Å². The van der Waals surface area contributed by atoms with Gasteiger partial charge in [-0.3, -0.25) is 4.79 Å². The Morgan fingerprint density at radius 3 is 2.53 bits per heavy atom. The number of carbonyl (C=O) groups is 1. The minimum Gasteiger partial charge on any atom is -0.469 e. The second-order valence-corrected chi connectivity index (χ2v) is 4.37. The molecular weight excluding hydrogens is 324 g/mol. The zero-order valence-electron chi connectivity index (χ0n) is 8.57. The number of ether oxygens (including phenoxy) is 1. The second kappa shape index (κ2) is 5.27. The molecule has 0 unspecified atom stereocenters. The first-order chi connectivity index (χ1) is 7.77. The zero-order valence-corrected chi connectivity index (χ0v) is 10.9. The van der Waals surface area contributed by atoms with Crippen LogP contribution >= 0.6 is 27.5 Å². The molecule has 0 fully saturated rings. The predicted molar refractivity (Wildman–Crippen MR) is 59.9 cm³/mol. The summed E-state index contributed by atoms with van der Waals surface area (Å²) in [7, 11) is 1.15. The first-order valence-electron chi connectivity index (χ1n) is 4.38. The Bertz CT molecular complexity index is 446. The van der Waals surface area contributed by atoms with E-state index < -0.39 is 22.7 Å². The largest absolute Gasteiger partial charge is 0.469 e. The summed E-state index contributed by atoms with van der Waals surface area (Å²) in [4.78, 5) is 11.1. The molecule has 1 rings (SSSR count). The van der Waals surface area contributed by atoms with Crippen molar-refractivity contribution >= 4 is 33.5 Å². The van der Waals surface area contributed by atoms with Crippen LogP contribution in [-0.2, 0) is 22.1 Å². The van der Waals surface area contributed by atoms with E-state index in [-0.39, 0.29) is 12.0 Å². The SMILES string of the molecule is COC(=O)Cc1c(Br)ccc(C(F)(F)F)c1Cl. The van der Waals surface area contributed by atoms with Crippen LogP contribution in [0.1, 0.15) is 11.1 Å². The van der Waals surface area contributed by atoms with Crippen molar-refractivity contribution in [2.75, 3.05) is 7.11 Å². The third-order valence-corrected chi connectivity index (χ3v) is 3.21. The molecule has 0 aliphatic carbocycles. The molecule has 17 heavy (non-hydrogen) atoms. The molecule has 0 saturated heterocycles. The number of carbonyl (C=O) groups excluding carboxylic acids is 1. The quantitative estimate of drug-likeness (QED) is 0.770. The first-order valence-corrected chi connectivity index (χ1v) is 5.55. The monoisotopic (exact) mass is 330 g/mol. The van der Waals surface area contributed by atoms with Crippen molar-refractivity contribution in [3.63, 3.8) is 0 Å². The second-order valence-electron chi connectivity index (χ2n) is 3.14. The van der Waals surface area contributed by atoms with E-state index in [1.807, 2.05) is 0 Å². The predicted octanol–water partition coefficient (Wildman–Crippen LogP) is 3.84. The van der Waals surface area contributed by atoms with Gasteiger partial charge in [-0.15, -0.1) is 0 Å². The van der Waals surface area contributed by atoms with Crippen LogP contribution in [0.25, 0.3) is 0 Å². The van der Waals surface area contributed by atoms with Crippen molar-refractivity contribution in [3.05, 3.63) is 32.8 Å². The van der Waals surface area contributed by atoms with Crippen LogP contribution in [0.15, 0.2) is 16.6 Å². The molecule has 0 atom stereocenters. The summed E-state index contributed by atoms with van der Waals surface area (Å²) in [5.74, 6) is -0.660. The van der Waals surface area contributed by atoms with Crippen LogP contribution in [-0.4, -0.2) is 13.1 Å². The van der Waals surface area contributed by atoms with E-state index in [1.54, 1.807) is 0 Å². The van der Waals surface area contributed by atoms with Crippen molar-refractivity contribution in [2.45, 2.75) is 12.6 Å². The number of esters is 1. The maximum atomic E-state index is 12.6. The van der Waals surface area contributed by atoms with Crippen molar-refractivity contribution in [2.24, 2.45) is 0 Å². The fourth-order valence-corrected chi connectivity index (χ4v) is 2.12. The van der Waals surface area contributed by atoms with E-state index in [9.17, 15) is 18.0 Å². The van der Waals surface area contributed by atoms with E-state index in [4.69, 9.17) is 11.6 Å². The lowest BCUT2D eigenvalue weighted by Crippen LogP contribution is -2.11. The number of alkyl halides is 3. The lowest BCUT2D eigenvalue weighted by atomic mass is 10.1. The summed E-state index contributed by atoms with van der Waals surface area (Å²) in [5, 5.41) is -0.489. The van der Waals surface area contributed by atoms with Gasteiger partial charge in [0.1, 0.15) is 0 Å². The summed E-state index contributed by atoms with van der Waals surface area (Å²) in [6, 6.07) is 2.06. The van der Waals surface area contributed by atoms with Crippen LogP contribution in [0.2, 0.25) is 5.02 Å². The van der Waals surface area contributed by atoms with Gasteiger partial charge in [0, 0.05) is 4.47 Å². The summed E-state index contributed by atoms with van der Waals surface area (Å²) < 4.78 is 42.4. The number of rotatable bonds is 2. The standard InChI is InChI=1S/C10H7BrClF3O2/c1-17-8(16)4-5-7(11)3-2-6(9(5)12)10(13,14)15/h2-3H,4H2,1H3. The smallest absolute Gasteiger partial charge is 0.417 e. The van der Waals surface area contributed by atoms with Crippen LogP contribution in [0.4, 0.5) is 13.2 Å². The topological polar surface area (TPSA) is 26.3 Å². The van der Waals surface area contributed by atoms with Gasteiger partial charge in [0.2, 0.25) is 0 Å². The highest BCUT2D eigenvalue weighted by Gasteiger charge is 2.34. The highest BCUT2D eigenvalue weighted by Crippen LogP contribution is 2.39. The van der Waals surface area contributed by atoms with E-state index in [1.165, 1.54) is 6.07 Å². The van der Waals surface area contributed by atoms with Gasteiger partial charge in [-0.25, -0.2) is 0 Å². The van der Waals surface area contributed by atoms with Gasteiger partial charge < -0.3 is 4.74 Å². The molecule has 0 aliphatic heterocycles. The van der Waals surface area contributed by atoms with Gasteiger partial charge in [0.25, 0.3) is 0 Å². The van der Waals surface area contributed by atoms with Gasteiger partial charge in [-0.1, -0.05) is 27.5 Å². The van der Waals surface area contributed by atoms with Crippen molar-refractivity contribution < 1.29 is 22.7 Å². The number of halogens is 5. The molecule has 0 amide bonds. The maximum Gasteiger partial charge on any atom is 0.417 e. The van der Waals surface area contributed by atoms with Crippen LogP contribution in [0, 0.1) is 0 Å². The zero-order chi connectivity index (χ0) is 13.2. The molecule has 2 nitrogen and oxygen atoms in total. The molecule has 1 aromatic rings. The average molecular weight is 332 g/mol. The van der Waals surface area contributed by atoms with Gasteiger partial charge in [0.05, 0.1) is 24.1 Å². The fraction of sp³-hybridized carbons (Fsp3) is 0.300. The third-order valence-electron chi connectivity index (χ3n) is 2.04. The summed E-state index contributed by atoms with van der Waals surface area (Å²) >= 11 is 8.69. The Morgan fingerprint density at radius 1 is 1.47 bits per heavy atom. The normalized spacial score (nSPS) is 11.4. The summed E-state index contributed by atoms with van der Waals surface area (Å²) in [6.07, 6.45) is -4.87. The van der Waals surface area contributed by atoms with Crippen molar-refractivity contribution in [1.82, 2.24) is 0 Å². The molecule has 0 N–H and O–H groups in total. The average Bonchev–Trinajstić information content (AvgIpc) is 2.21. The number of hydrogen-bond donors (Lipinski definition) is 0. The Kier molecular flexibility index (Phi) is 4.43. The molecule has 0 aliphatic rings. The molecule has 94 valence electrons. The molecular formula is C10H7BrClF3O2. The Labute approximate surface area is 109 Å². The maximum absolute atomic E-state index is 12.6. The molecule has 0 spiro atoms. The van der Waals surface area contributed by atoms with Crippen LogP contribution in [0.5, 0.6) is 0 Å². The highest BCUT2D eigenvalue weighted by atomic mass is 79.9. The Hall–Kier alpha value is -0.750. The molecule has 0 bridgehead atoms. The first kappa shape index (κ1) is 14.3. The molecule has 0 radical (unpaired) electrons. The van der Waals surface area contributed by atoms with E-state index in [0.29, 0.717) is 4.47 Å². The van der Waals surface area contributed by atoms with E-state index in [2.05, 4.69) is 20.7 Å². The lowest BCUT2D eigenvalue weighted by Gasteiger charge is -2.13. The van der Waals surface area contributed by atoms with Gasteiger partial charge in [-0.2, -0.15) is 13.2 Å². The fourth-order valence-electron chi connectivity index (χ4n) is 1.20. The van der Waals surface area contributed by atoms with Crippen molar-refractivity contribution in [1.29, 1.82) is 0 Å².